The molecule has 0 spiro atoms. The Morgan fingerprint density at radius 1 is 1.57 bits per heavy atom. The summed E-state index contributed by atoms with van der Waals surface area (Å²) in [6.45, 7) is 0. The first kappa shape index (κ1) is 11.1. The van der Waals surface area contributed by atoms with Gasteiger partial charge in [0.25, 0.3) is 0 Å². The van der Waals surface area contributed by atoms with E-state index in [9.17, 15) is 4.79 Å². The van der Waals surface area contributed by atoms with E-state index in [1.165, 1.54) is 0 Å². The molecule has 0 saturated heterocycles. The molecule has 0 atom stereocenters. The molecule has 1 aromatic rings. The normalized spacial score (nSPS) is 9.50. The summed E-state index contributed by atoms with van der Waals surface area (Å²) in [6.07, 6.45) is 0.173. The van der Waals surface area contributed by atoms with Gasteiger partial charge in [-0.15, -0.1) is 24.2 Å². The number of alkyl halides is 1. The number of halogens is 1. The molecule has 0 fully saturated rings. The van der Waals surface area contributed by atoms with Gasteiger partial charge in [0.1, 0.15) is 0 Å². The van der Waals surface area contributed by atoms with Crippen molar-refractivity contribution in [2.45, 2.75) is 11.3 Å². The molecule has 4 heteroatoms. The van der Waals surface area contributed by atoms with Crippen molar-refractivity contribution >= 4 is 30.0 Å². The molecule has 72 valence electrons. The number of nitriles is 1. The average molecular weight is 226 g/mol. The van der Waals surface area contributed by atoms with Gasteiger partial charge >= 0.3 is 0 Å². The van der Waals surface area contributed by atoms with Crippen LogP contribution >= 0.6 is 24.2 Å². The summed E-state index contributed by atoms with van der Waals surface area (Å²) >= 11 is 9.58. The molecule has 0 bridgehead atoms. The second-order valence-electron chi connectivity index (χ2n) is 2.76. The van der Waals surface area contributed by atoms with Gasteiger partial charge in [-0.05, 0) is 17.7 Å². The third-order valence-corrected chi connectivity index (χ3v) is 2.51. The maximum absolute atomic E-state index is 11.1. The van der Waals surface area contributed by atoms with E-state index in [4.69, 9.17) is 16.9 Å². The fourth-order valence-corrected chi connectivity index (χ4v) is 1.49. The quantitative estimate of drug-likeness (QED) is 0.633. The number of rotatable bonds is 3. The molecule has 0 unspecified atom stereocenters. The van der Waals surface area contributed by atoms with Crippen LogP contribution in [0.5, 0.6) is 0 Å². The van der Waals surface area contributed by atoms with Gasteiger partial charge < -0.3 is 0 Å². The summed E-state index contributed by atoms with van der Waals surface area (Å²) in [4.78, 5) is 11.8. The molecule has 14 heavy (non-hydrogen) atoms. The van der Waals surface area contributed by atoms with E-state index in [0.717, 1.165) is 0 Å². The molecule has 2 nitrogen and oxygen atoms in total. The highest BCUT2D eigenvalue weighted by Gasteiger charge is 2.09. The van der Waals surface area contributed by atoms with Crippen LogP contribution in [0, 0.1) is 11.3 Å². The van der Waals surface area contributed by atoms with Crippen molar-refractivity contribution in [3.8, 4) is 6.07 Å². The molecule has 0 aromatic heterocycles. The van der Waals surface area contributed by atoms with E-state index >= 15 is 0 Å². The van der Waals surface area contributed by atoms with Crippen molar-refractivity contribution < 1.29 is 4.79 Å². The minimum atomic E-state index is -0.107. The minimum absolute atomic E-state index is 0.0347. The summed E-state index contributed by atoms with van der Waals surface area (Å²) in [7, 11) is 0. The lowest BCUT2D eigenvalue weighted by Gasteiger charge is -2.04. The zero-order chi connectivity index (χ0) is 10.6. The van der Waals surface area contributed by atoms with Crippen LogP contribution in [0.1, 0.15) is 11.1 Å². The zero-order valence-corrected chi connectivity index (χ0v) is 8.98. The minimum Gasteiger partial charge on any atom is -0.298 e. The Labute approximate surface area is 92.9 Å². The summed E-state index contributed by atoms with van der Waals surface area (Å²) in [5.41, 5.74) is 1.14. The number of ketones is 1. The summed E-state index contributed by atoms with van der Waals surface area (Å²) in [5.74, 6) is -0.142. The van der Waals surface area contributed by atoms with E-state index in [1.807, 2.05) is 6.07 Å². The molecule has 0 heterocycles. The molecule has 0 aliphatic rings. The first-order valence-electron chi connectivity index (χ1n) is 3.97. The number of carbonyl (C=O) groups excluding carboxylic acids is 1. The Kier molecular flexibility index (Phi) is 3.99. The van der Waals surface area contributed by atoms with Gasteiger partial charge in [-0.3, -0.25) is 4.79 Å². The zero-order valence-electron chi connectivity index (χ0n) is 7.33. The van der Waals surface area contributed by atoms with E-state index < -0.39 is 0 Å². The predicted molar refractivity (Wildman–Crippen MR) is 57.8 cm³/mol. The summed E-state index contributed by atoms with van der Waals surface area (Å²) in [6, 6.07) is 7.17. The lowest BCUT2D eigenvalue weighted by Crippen LogP contribution is -2.06. The number of carbonyl (C=O) groups is 1. The van der Waals surface area contributed by atoms with Gasteiger partial charge in [0.15, 0.2) is 5.78 Å². The van der Waals surface area contributed by atoms with Crippen LogP contribution < -0.4 is 0 Å². The van der Waals surface area contributed by atoms with Crippen molar-refractivity contribution in [3.63, 3.8) is 0 Å². The molecule has 0 amide bonds. The van der Waals surface area contributed by atoms with E-state index in [-0.39, 0.29) is 18.1 Å². The van der Waals surface area contributed by atoms with Crippen molar-refractivity contribution in [1.29, 1.82) is 5.26 Å². The highest BCUT2D eigenvalue weighted by atomic mass is 35.5. The maximum atomic E-state index is 11.1. The molecule has 1 rings (SSSR count). The number of nitrogens with zero attached hydrogens (tertiary/aromatic N) is 1. The second-order valence-corrected chi connectivity index (χ2v) is 3.51. The third-order valence-electron chi connectivity index (χ3n) is 1.79. The Morgan fingerprint density at radius 2 is 2.29 bits per heavy atom. The largest absolute Gasteiger partial charge is 0.298 e. The first-order valence-corrected chi connectivity index (χ1v) is 4.96. The van der Waals surface area contributed by atoms with Gasteiger partial charge in [-0.2, -0.15) is 5.26 Å². The third kappa shape index (κ3) is 2.50. The maximum Gasteiger partial charge on any atom is 0.152 e. The average Bonchev–Trinajstić information content (AvgIpc) is 2.20. The number of hydrogen-bond acceptors (Lipinski definition) is 3. The van der Waals surface area contributed by atoms with Crippen molar-refractivity contribution in [1.82, 2.24) is 0 Å². The van der Waals surface area contributed by atoms with Crippen molar-refractivity contribution in [3.05, 3.63) is 29.3 Å². The van der Waals surface area contributed by atoms with Crippen LogP contribution in [0.15, 0.2) is 23.1 Å². The highest BCUT2D eigenvalue weighted by molar-refractivity contribution is 7.80. The standard InChI is InChI=1S/C10H8ClNOS/c11-5-8(13)4-9-7(6-12)2-1-3-10(9)14/h1-3,14H,4-5H2. The second kappa shape index (κ2) is 5.04. The monoisotopic (exact) mass is 225 g/mol. The molecule has 1 aromatic carbocycles. The predicted octanol–water partition coefficient (Wildman–Crippen LogP) is 2.20. The van der Waals surface area contributed by atoms with E-state index in [0.29, 0.717) is 16.0 Å². The van der Waals surface area contributed by atoms with Crippen molar-refractivity contribution in [2.24, 2.45) is 0 Å². The number of benzene rings is 1. The van der Waals surface area contributed by atoms with Crippen molar-refractivity contribution in [2.75, 3.05) is 5.88 Å². The molecule has 0 radical (unpaired) electrons. The lowest BCUT2D eigenvalue weighted by molar-refractivity contribution is -0.116. The van der Waals surface area contributed by atoms with Gasteiger partial charge in [0, 0.05) is 11.3 Å². The lowest BCUT2D eigenvalue weighted by atomic mass is 10.0. The Morgan fingerprint density at radius 3 is 2.86 bits per heavy atom. The Bertz CT molecular complexity index is 398. The Hall–Kier alpha value is -0.980. The topological polar surface area (TPSA) is 40.9 Å². The first-order chi connectivity index (χ1) is 6.69. The summed E-state index contributed by atoms with van der Waals surface area (Å²) < 4.78 is 0. The van der Waals surface area contributed by atoms with Gasteiger partial charge in [-0.25, -0.2) is 0 Å². The van der Waals surface area contributed by atoms with Crippen LogP contribution in [0.3, 0.4) is 0 Å². The van der Waals surface area contributed by atoms with Gasteiger partial charge in [0.2, 0.25) is 0 Å². The molecule has 0 aliphatic heterocycles. The van der Waals surface area contributed by atoms with E-state index in [1.54, 1.807) is 18.2 Å². The van der Waals surface area contributed by atoms with Crippen LogP contribution in [-0.2, 0) is 11.2 Å². The molecule has 0 N–H and O–H groups in total. The number of hydrogen-bond donors (Lipinski definition) is 1. The molecule has 0 saturated carbocycles. The SMILES string of the molecule is N#Cc1cccc(S)c1CC(=O)CCl. The number of thiol groups is 1. The molecular weight excluding hydrogens is 218 g/mol. The van der Waals surface area contributed by atoms with Crippen LogP contribution in [0.2, 0.25) is 0 Å². The Balaban J connectivity index is 3.06. The molecular formula is C10H8ClNOS. The summed E-state index contributed by atoms with van der Waals surface area (Å²) in [5, 5.41) is 8.80. The van der Waals surface area contributed by atoms with Gasteiger partial charge in [0.05, 0.1) is 17.5 Å². The van der Waals surface area contributed by atoms with Crippen LogP contribution in [0.25, 0.3) is 0 Å². The fourth-order valence-electron chi connectivity index (χ4n) is 1.11. The van der Waals surface area contributed by atoms with E-state index in [2.05, 4.69) is 12.6 Å². The fraction of sp³-hybridized carbons (Fsp3) is 0.200. The number of Topliss-reactive ketones (excluding diaryl/α,β-unsaturated/α-hetero) is 1. The highest BCUT2D eigenvalue weighted by Crippen LogP contribution is 2.18. The van der Waals surface area contributed by atoms with Crippen LogP contribution in [0.4, 0.5) is 0 Å². The van der Waals surface area contributed by atoms with Gasteiger partial charge in [-0.1, -0.05) is 6.07 Å². The molecule has 0 aliphatic carbocycles. The smallest absolute Gasteiger partial charge is 0.152 e. The van der Waals surface area contributed by atoms with Crippen LogP contribution in [-0.4, -0.2) is 11.7 Å².